The lowest BCUT2D eigenvalue weighted by atomic mass is 10.1. The topological polar surface area (TPSA) is 40.5 Å². The monoisotopic (exact) mass is 257 g/mol. The van der Waals surface area contributed by atoms with Gasteiger partial charge in [-0.05, 0) is 31.8 Å². The summed E-state index contributed by atoms with van der Waals surface area (Å²) >= 11 is 1.70. The van der Waals surface area contributed by atoms with E-state index in [-0.39, 0.29) is 5.56 Å². The molecule has 0 spiro atoms. The molecule has 0 saturated carbocycles. The van der Waals surface area contributed by atoms with Crippen molar-refractivity contribution in [2.45, 2.75) is 5.75 Å². The summed E-state index contributed by atoms with van der Waals surface area (Å²) in [5.74, 6) is -0.225. The Morgan fingerprint density at radius 1 is 1.47 bits per heavy atom. The number of carboxylic acid groups (broad SMARTS) is 1. The zero-order valence-corrected chi connectivity index (χ0v) is 10.8. The molecule has 1 aromatic carbocycles. The van der Waals surface area contributed by atoms with Crippen LogP contribution in [0.1, 0.15) is 15.9 Å². The van der Waals surface area contributed by atoms with Crippen LogP contribution in [0.25, 0.3) is 0 Å². The SMILES string of the molecule is CN(C)CCSCc1ccc(C(=O)O)c(F)c1. The van der Waals surface area contributed by atoms with Gasteiger partial charge in [-0.2, -0.15) is 11.8 Å². The molecule has 0 saturated heterocycles. The van der Waals surface area contributed by atoms with E-state index in [1.807, 2.05) is 14.1 Å². The van der Waals surface area contributed by atoms with Gasteiger partial charge in [-0.15, -0.1) is 0 Å². The Labute approximate surface area is 105 Å². The number of carbonyl (C=O) groups is 1. The molecule has 0 radical (unpaired) electrons. The summed E-state index contributed by atoms with van der Waals surface area (Å²) in [7, 11) is 4.00. The highest BCUT2D eigenvalue weighted by molar-refractivity contribution is 7.98. The Morgan fingerprint density at radius 2 is 2.18 bits per heavy atom. The maximum absolute atomic E-state index is 13.3. The second-order valence-electron chi connectivity index (χ2n) is 3.98. The van der Waals surface area contributed by atoms with Crippen LogP contribution in [0.15, 0.2) is 18.2 Å². The molecule has 5 heteroatoms. The fraction of sp³-hybridized carbons (Fsp3) is 0.417. The summed E-state index contributed by atoms with van der Waals surface area (Å²) in [6, 6.07) is 4.28. The molecular weight excluding hydrogens is 241 g/mol. The van der Waals surface area contributed by atoms with Gasteiger partial charge in [-0.25, -0.2) is 9.18 Å². The second kappa shape index (κ2) is 6.61. The van der Waals surface area contributed by atoms with Gasteiger partial charge in [0.05, 0.1) is 5.56 Å². The quantitative estimate of drug-likeness (QED) is 0.794. The zero-order chi connectivity index (χ0) is 12.8. The molecule has 0 aliphatic carbocycles. The highest BCUT2D eigenvalue weighted by Gasteiger charge is 2.10. The van der Waals surface area contributed by atoms with Gasteiger partial charge in [0.15, 0.2) is 0 Å². The summed E-state index contributed by atoms with van der Waals surface area (Å²) in [4.78, 5) is 12.7. The molecule has 1 N–H and O–H groups in total. The summed E-state index contributed by atoms with van der Waals surface area (Å²) in [5, 5.41) is 8.68. The van der Waals surface area contributed by atoms with Gasteiger partial charge in [-0.1, -0.05) is 6.07 Å². The molecule has 1 aromatic rings. The van der Waals surface area contributed by atoms with E-state index in [2.05, 4.69) is 4.90 Å². The average molecular weight is 257 g/mol. The minimum atomic E-state index is -1.23. The first-order valence-electron chi connectivity index (χ1n) is 5.25. The molecular formula is C12H16FNO2S. The number of aromatic carboxylic acids is 1. The van der Waals surface area contributed by atoms with E-state index in [0.29, 0.717) is 5.75 Å². The van der Waals surface area contributed by atoms with Crippen LogP contribution >= 0.6 is 11.8 Å². The van der Waals surface area contributed by atoms with E-state index >= 15 is 0 Å². The molecule has 0 unspecified atom stereocenters. The van der Waals surface area contributed by atoms with E-state index in [0.717, 1.165) is 17.9 Å². The van der Waals surface area contributed by atoms with E-state index < -0.39 is 11.8 Å². The third kappa shape index (κ3) is 4.75. The Bertz CT molecular complexity index is 396. The highest BCUT2D eigenvalue weighted by Crippen LogP contribution is 2.16. The molecule has 94 valence electrons. The van der Waals surface area contributed by atoms with Crippen molar-refractivity contribution in [2.75, 3.05) is 26.4 Å². The number of hydrogen-bond donors (Lipinski definition) is 1. The molecule has 0 aromatic heterocycles. The van der Waals surface area contributed by atoms with E-state index in [1.54, 1.807) is 17.8 Å². The standard InChI is InChI=1S/C12H16FNO2S/c1-14(2)5-6-17-8-9-3-4-10(12(15)16)11(13)7-9/h3-4,7H,5-6,8H2,1-2H3,(H,15,16). The van der Waals surface area contributed by atoms with Crippen molar-refractivity contribution >= 4 is 17.7 Å². The van der Waals surface area contributed by atoms with Gasteiger partial charge in [0.2, 0.25) is 0 Å². The van der Waals surface area contributed by atoms with Crippen molar-refractivity contribution in [3.63, 3.8) is 0 Å². The number of nitrogens with zero attached hydrogens (tertiary/aromatic N) is 1. The number of benzene rings is 1. The van der Waals surface area contributed by atoms with E-state index in [1.165, 1.54) is 12.1 Å². The third-order valence-electron chi connectivity index (χ3n) is 2.22. The minimum absolute atomic E-state index is 0.271. The average Bonchev–Trinajstić information content (AvgIpc) is 2.23. The molecule has 0 amide bonds. The molecule has 3 nitrogen and oxygen atoms in total. The van der Waals surface area contributed by atoms with Gasteiger partial charge in [-0.3, -0.25) is 0 Å². The van der Waals surface area contributed by atoms with Gasteiger partial charge in [0.1, 0.15) is 5.82 Å². The van der Waals surface area contributed by atoms with Crippen LogP contribution in [-0.4, -0.2) is 42.4 Å². The lowest BCUT2D eigenvalue weighted by Crippen LogP contribution is -2.14. The van der Waals surface area contributed by atoms with Crippen molar-refractivity contribution in [1.82, 2.24) is 4.90 Å². The number of thioether (sulfide) groups is 1. The molecule has 0 fully saturated rings. The lowest BCUT2D eigenvalue weighted by Gasteiger charge is -2.08. The Kier molecular flexibility index (Phi) is 5.44. The second-order valence-corrected chi connectivity index (χ2v) is 5.08. The first-order valence-corrected chi connectivity index (χ1v) is 6.40. The Balaban J connectivity index is 2.50. The summed E-state index contributed by atoms with van der Waals surface area (Å²) in [6.45, 7) is 0.973. The third-order valence-corrected chi connectivity index (χ3v) is 3.22. The minimum Gasteiger partial charge on any atom is -0.478 e. The molecule has 0 aliphatic rings. The number of carboxylic acids is 1. The van der Waals surface area contributed by atoms with Gasteiger partial charge >= 0.3 is 5.97 Å². The number of hydrogen-bond acceptors (Lipinski definition) is 3. The molecule has 17 heavy (non-hydrogen) atoms. The maximum atomic E-state index is 13.3. The van der Waals surface area contributed by atoms with E-state index in [9.17, 15) is 9.18 Å². The predicted octanol–water partition coefficient (Wildman–Crippen LogP) is 2.32. The highest BCUT2D eigenvalue weighted by atomic mass is 32.2. The van der Waals surface area contributed by atoms with Crippen molar-refractivity contribution in [3.8, 4) is 0 Å². The first-order chi connectivity index (χ1) is 8.00. The molecule has 0 heterocycles. The predicted molar refractivity (Wildman–Crippen MR) is 68.1 cm³/mol. The Morgan fingerprint density at radius 3 is 2.71 bits per heavy atom. The Hall–Kier alpha value is -1.07. The maximum Gasteiger partial charge on any atom is 0.338 e. The largest absolute Gasteiger partial charge is 0.478 e. The summed E-state index contributed by atoms with van der Waals surface area (Å²) in [6.07, 6.45) is 0. The van der Waals surface area contributed by atoms with Crippen LogP contribution in [0.2, 0.25) is 0 Å². The van der Waals surface area contributed by atoms with Crippen molar-refractivity contribution < 1.29 is 14.3 Å². The zero-order valence-electron chi connectivity index (χ0n) is 9.94. The first kappa shape index (κ1) is 14.0. The van der Waals surface area contributed by atoms with Gasteiger partial charge < -0.3 is 10.0 Å². The molecule has 0 atom stereocenters. The molecule has 0 aliphatic heterocycles. The van der Waals surface area contributed by atoms with Crippen LogP contribution in [0, 0.1) is 5.82 Å². The number of halogens is 1. The van der Waals surface area contributed by atoms with Crippen LogP contribution < -0.4 is 0 Å². The van der Waals surface area contributed by atoms with Crippen molar-refractivity contribution in [1.29, 1.82) is 0 Å². The van der Waals surface area contributed by atoms with Gasteiger partial charge in [0.25, 0.3) is 0 Å². The fourth-order valence-electron chi connectivity index (χ4n) is 1.26. The summed E-state index contributed by atoms with van der Waals surface area (Å²) < 4.78 is 13.3. The lowest BCUT2D eigenvalue weighted by molar-refractivity contribution is 0.0692. The number of rotatable bonds is 6. The normalized spacial score (nSPS) is 10.8. The molecule has 0 bridgehead atoms. The smallest absolute Gasteiger partial charge is 0.338 e. The van der Waals surface area contributed by atoms with Crippen LogP contribution in [-0.2, 0) is 5.75 Å². The fourth-order valence-corrected chi connectivity index (χ4v) is 2.31. The molecule has 1 rings (SSSR count). The van der Waals surface area contributed by atoms with Gasteiger partial charge in [0, 0.05) is 18.1 Å². The van der Waals surface area contributed by atoms with Crippen LogP contribution in [0.4, 0.5) is 4.39 Å². The van der Waals surface area contributed by atoms with Crippen LogP contribution in [0.5, 0.6) is 0 Å². The van der Waals surface area contributed by atoms with Crippen molar-refractivity contribution in [2.24, 2.45) is 0 Å². The summed E-state index contributed by atoms with van der Waals surface area (Å²) in [5.41, 5.74) is 0.545. The van der Waals surface area contributed by atoms with E-state index in [4.69, 9.17) is 5.11 Å². The van der Waals surface area contributed by atoms with Crippen molar-refractivity contribution in [3.05, 3.63) is 35.1 Å². The van der Waals surface area contributed by atoms with Crippen LogP contribution in [0.3, 0.4) is 0 Å².